The summed E-state index contributed by atoms with van der Waals surface area (Å²) in [6.07, 6.45) is 6.06. The van der Waals surface area contributed by atoms with Gasteiger partial charge in [-0.25, -0.2) is 0 Å². The molecular weight excluding hydrogens is 226 g/mol. The zero-order valence-electron chi connectivity index (χ0n) is 10.0. The maximum absolute atomic E-state index is 11.4. The molecule has 2 atom stereocenters. The van der Waals surface area contributed by atoms with Gasteiger partial charge in [0.05, 0.1) is 12.4 Å². The van der Waals surface area contributed by atoms with Gasteiger partial charge in [0.1, 0.15) is 0 Å². The number of rotatable bonds is 5. The van der Waals surface area contributed by atoms with Gasteiger partial charge in [0, 0.05) is 6.04 Å². The third kappa shape index (κ3) is 4.80. The fourth-order valence-electron chi connectivity index (χ4n) is 2.12. The van der Waals surface area contributed by atoms with Crippen molar-refractivity contribution in [3.05, 3.63) is 0 Å². The Morgan fingerprint density at radius 2 is 1.94 bits per heavy atom. The Bertz CT molecular complexity index is 290. The van der Waals surface area contributed by atoms with Crippen molar-refractivity contribution in [2.45, 2.75) is 51.5 Å². The van der Waals surface area contributed by atoms with Gasteiger partial charge in [-0.1, -0.05) is 26.2 Å². The molecule has 0 bridgehead atoms. The maximum Gasteiger partial charge on any atom is 0.267 e. The monoisotopic (exact) mass is 249 g/mol. The second-order valence-electron chi connectivity index (χ2n) is 4.61. The van der Waals surface area contributed by atoms with Crippen molar-refractivity contribution in [2.75, 3.05) is 12.4 Å². The minimum absolute atomic E-state index is 0.0966. The van der Waals surface area contributed by atoms with Crippen molar-refractivity contribution in [1.82, 2.24) is 0 Å². The van der Waals surface area contributed by atoms with E-state index < -0.39 is 10.1 Å². The van der Waals surface area contributed by atoms with Crippen LogP contribution >= 0.6 is 0 Å². The summed E-state index contributed by atoms with van der Waals surface area (Å²) in [5.41, 5.74) is 6.01. The molecule has 0 aromatic carbocycles. The molecule has 0 spiro atoms. The molecule has 1 aliphatic rings. The van der Waals surface area contributed by atoms with Crippen molar-refractivity contribution in [1.29, 1.82) is 0 Å². The van der Waals surface area contributed by atoms with Crippen molar-refractivity contribution in [3.8, 4) is 0 Å². The number of nitrogens with two attached hydrogens (primary N) is 1. The molecule has 0 saturated heterocycles. The molecule has 16 heavy (non-hydrogen) atoms. The Kier molecular flexibility index (Phi) is 5.72. The standard InChI is InChI=1S/C11H23NO3S/c1-2-8-16(13,14)15-9-10-6-4-3-5-7-11(10)12/h10-11H,2-9,12H2,1H3/t10-,11-/m1/s1. The van der Waals surface area contributed by atoms with Crippen LogP contribution in [0.1, 0.15) is 45.4 Å². The highest BCUT2D eigenvalue weighted by molar-refractivity contribution is 7.86. The quantitative estimate of drug-likeness (QED) is 0.594. The van der Waals surface area contributed by atoms with Gasteiger partial charge < -0.3 is 5.73 Å². The molecule has 4 nitrogen and oxygen atoms in total. The minimum Gasteiger partial charge on any atom is -0.327 e. The predicted octanol–water partition coefficient (Wildman–Crippen LogP) is 1.65. The molecule has 5 heteroatoms. The molecule has 0 aromatic rings. The second kappa shape index (κ2) is 6.57. The van der Waals surface area contributed by atoms with Crippen molar-refractivity contribution >= 4 is 10.1 Å². The van der Waals surface area contributed by atoms with Crippen LogP contribution < -0.4 is 5.73 Å². The van der Waals surface area contributed by atoms with E-state index in [0.29, 0.717) is 6.42 Å². The van der Waals surface area contributed by atoms with E-state index in [9.17, 15) is 8.42 Å². The fourth-order valence-corrected chi connectivity index (χ4v) is 3.12. The summed E-state index contributed by atoms with van der Waals surface area (Å²) in [5.74, 6) is 0.309. The first-order valence-electron chi connectivity index (χ1n) is 6.18. The topological polar surface area (TPSA) is 69.4 Å². The van der Waals surface area contributed by atoms with Gasteiger partial charge in [-0.15, -0.1) is 0 Å². The van der Waals surface area contributed by atoms with E-state index >= 15 is 0 Å². The highest BCUT2D eigenvalue weighted by Crippen LogP contribution is 2.22. The summed E-state index contributed by atoms with van der Waals surface area (Å²) >= 11 is 0. The van der Waals surface area contributed by atoms with Gasteiger partial charge in [-0.2, -0.15) is 8.42 Å². The van der Waals surface area contributed by atoms with Crippen molar-refractivity contribution in [2.24, 2.45) is 11.7 Å². The Morgan fingerprint density at radius 3 is 2.62 bits per heavy atom. The number of hydrogen-bond acceptors (Lipinski definition) is 4. The van der Waals surface area contributed by atoms with Gasteiger partial charge >= 0.3 is 0 Å². The van der Waals surface area contributed by atoms with Gasteiger partial charge in [0.15, 0.2) is 0 Å². The third-order valence-electron chi connectivity index (χ3n) is 3.13. The lowest BCUT2D eigenvalue weighted by molar-refractivity contribution is 0.222. The maximum atomic E-state index is 11.4. The fraction of sp³-hybridized carbons (Fsp3) is 1.00. The molecule has 0 heterocycles. The smallest absolute Gasteiger partial charge is 0.267 e. The lowest BCUT2D eigenvalue weighted by Crippen LogP contribution is -2.33. The Hall–Kier alpha value is -0.130. The minimum atomic E-state index is -3.32. The lowest BCUT2D eigenvalue weighted by atomic mass is 9.97. The number of hydrogen-bond donors (Lipinski definition) is 1. The van der Waals surface area contributed by atoms with E-state index in [4.69, 9.17) is 9.92 Å². The molecule has 96 valence electrons. The predicted molar refractivity (Wildman–Crippen MR) is 64.6 cm³/mol. The molecule has 1 aliphatic carbocycles. The van der Waals surface area contributed by atoms with Crippen LogP contribution in [0.4, 0.5) is 0 Å². The molecule has 1 fully saturated rings. The van der Waals surface area contributed by atoms with Crippen LogP contribution in [0.15, 0.2) is 0 Å². The molecule has 1 saturated carbocycles. The van der Waals surface area contributed by atoms with Crippen LogP contribution in [0.25, 0.3) is 0 Å². The van der Waals surface area contributed by atoms with Crippen LogP contribution in [0.3, 0.4) is 0 Å². The highest BCUT2D eigenvalue weighted by Gasteiger charge is 2.22. The van der Waals surface area contributed by atoms with Crippen LogP contribution in [0.5, 0.6) is 0 Å². The van der Waals surface area contributed by atoms with Crippen LogP contribution in [-0.2, 0) is 14.3 Å². The molecule has 0 aromatic heterocycles. The van der Waals surface area contributed by atoms with Gasteiger partial charge in [0.25, 0.3) is 10.1 Å². The molecule has 0 amide bonds. The molecule has 2 N–H and O–H groups in total. The van der Waals surface area contributed by atoms with E-state index in [1.165, 1.54) is 6.42 Å². The van der Waals surface area contributed by atoms with Crippen LogP contribution in [-0.4, -0.2) is 26.8 Å². The Balaban J connectivity index is 2.40. The Morgan fingerprint density at radius 1 is 1.25 bits per heavy atom. The molecular formula is C11H23NO3S. The average Bonchev–Trinajstić information content (AvgIpc) is 2.40. The first-order valence-corrected chi connectivity index (χ1v) is 7.75. The van der Waals surface area contributed by atoms with Gasteiger partial charge in [0.2, 0.25) is 0 Å². The van der Waals surface area contributed by atoms with E-state index in [0.717, 1.165) is 25.7 Å². The normalized spacial score (nSPS) is 27.6. The molecule has 0 aliphatic heterocycles. The highest BCUT2D eigenvalue weighted by atomic mass is 32.2. The van der Waals surface area contributed by atoms with E-state index in [2.05, 4.69) is 0 Å². The third-order valence-corrected chi connectivity index (χ3v) is 4.54. The average molecular weight is 249 g/mol. The first kappa shape index (κ1) is 13.9. The zero-order valence-corrected chi connectivity index (χ0v) is 10.8. The summed E-state index contributed by atoms with van der Waals surface area (Å²) in [5, 5.41) is 0. The summed E-state index contributed by atoms with van der Waals surface area (Å²) < 4.78 is 27.8. The molecule has 1 rings (SSSR count). The zero-order chi connectivity index (χ0) is 12.0. The second-order valence-corrected chi connectivity index (χ2v) is 6.37. The largest absolute Gasteiger partial charge is 0.327 e. The van der Waals surface area contributed by atoms with Crippen molar-refractivity contribution in [3.63, 3.8) is 0 Å². The summed E-state index contributed by atoms with van der Waals surface area (Å²) in [6, 6.07) is 0.0966. The summed E-state index contributed by atoms with van der Waals surface area (Å²) in [4.78, 5) is 0. The van der Waals surface area contributed by atoms with E-state index in [1.807, 2.05) is 6.92 Å². The first-order chi connectivity index (χ1) is 7.55. The van der Waals surface area contributed by atoms with E-state index in [1.54, 1.807) is 0 Å². The summed E-state index contributed by atoms with van der Waals surface area (Å²) in [7, 11) is -3.32. The molecule has 0 radical (unpaired) electrons. The van der Waals surface area contributed by atoms with E-state index in [-0.39, 0.29) is 24.3 Å². The summed E-state index contributed by atoms with van der Waals surface area (Å²) in [6.45, 7) is 2.10. The molecule has 0 unspecified atom stereocenters. The lowest BCUT2D eigenvalue weighted by Gasteiger charge is -2.20. The van der Waals surface area contributed by atoms with Crippen LogP contribution in [0, 0.1) is 5.92 Å². The van der Waals surface area contributed by atoms with Gasteiger partial charge in [-0.3, -0.25) is 4.18 Å². The van der Waals surface area contributed by atoms with Crippen molar-refractivity contribution < 1.29 is 12.6 Å². The van der Waals surface area contributed by atoms with Gasteiger partial charge in [-0.05, 0) is 25.2 Å². The van der Waals surface area contributed by atoms with Crippen LogP contribution in [0.2, 0.25) is 0 Å². The Labute approximate surface area is 98.7 Å². The SMILES string of the molecule is CCCS(=O)(=O)OC[C@H]1CCCCC[C@H]1N.